The summed E-state index contributed by atoms with van der Waals surface area (Å²) in [5, 5.41) is 1.09. The number of hydroxylamine groups is 1. The molecule has 3 aromatic rings. The predicted molar refractivity (Wildman–Crippen MR) is 81.4 cm³/mol. The van der Waals surface area contributed by atoms with E-state index in [-0.39, 0.29) is 0 Å². The molecule has 0 unspecified atom stereocenters. The van der Waals surface area contributed by atoms with Crippen LogP contribution in [0.4, 0.5) is 0 Å². The lowest BCUT2D eigenvalue weighted by Gasteiger charge is -2.08. The second-order valence-electron chi connectivity index (χ2n) is 4.63. The SMILES string of the molecule is O=C=C(Cc1c[nH]c2ccccc12)NOc1ccccc1. The summed E-state index contributed by atoms with van der Waals surface area (Å²) in [5.74, 6) is 2.53. The highest BCUT2D eigenvalue weighted by Crippen LogP contribution is 2.19. The number of fused-ring (bicyclic) bond motifs is 1. The van der Waals surface area contributed by atoms with Gasteiger partial charge in [0.05, 0.1) is 0 Å². The number of hydrogen-bond donors (Lipinski definition) is 2. The Morgan fingerprint density at radius 2 is 1.86 bits per heavy atom. The van der Waals surface area contributed by atoms with Gasteiger partial charge in [-0.15, -0.1) is 0 Å². The summed E-state index contributed by atoms with van der Waals surface area (Å²) in [7, 11) is 0. The Morgan fingerprint density at radius 1 is 1.10 bits per heavy atom. The Bertz CT molecular complexity index is 787. The molecule has 4 heteroatoms. The molecule has 2 aromatic carbocycles. The van der Waals surface area contributed by atoms with Gasteiger partial charge in [-0.3, -0.25) is 0 Å². The first-order valence-corrected chi connectivity index (χ1v) is 6.63. The molecule has 1 aromatic heterocycles. The van der Waals surface area contributed by atoms with Gasteiger partial charge in [-0.25, -0.2) is 10.3 Å². The first-order valence-electron chi connectivity index (χ1n) is 6.63. The first-order chi connectivity index (χ1) is 10.4. The highest BCUT2D eigenvalue weighted by atomic mass is 16.6. The highest BCUT2D eigenvalue weighted by molar-refractivity contribution is 5.83. The van der Waals surface area contributed by atoms with Crippen LogP contribution in [0.3, 0.4) is 0 Å². The molecule has 0 spiro atoms. The molecule has 0 aliphatic rings. The van der Waals surface area contributed by atoms with Gasteiger partial charge in [0.2, 0.25) is 0 Å². The molecule has 0 radical (unpaired) electrons. The molecule has 0 amide bonds. The summed E-state index contributed by atoms with van der Waals surface area (Å²) in [5.41, 5.74) is 5.08. The fourth-order valence-electron chi connectivity index (χ4n) is 2.17. The predicted octanol–water partition coefficient (Wildman–Crippen LogP) is 3.01. The van der Waals surface area contributed by atoms with Crippen molar-refractivity contribution in [3.63, 3.8) is 0 Å². The Hall–Kier alpha value is -2.97. The van der Waals surface area contributed by atoms with Crippen molar-refractivity contribution in [1.29, 1.82) is 0 Å². The van der Waals surface area contributed by atoms with Gasteiger partial charge in [0, 0.05) is 23.5 Å². The van der Waals surface area contributed by atoms with E-state index in [0.29, 0.717) is 17.9 Å². The van der Waals surface area contributed by atoms with Crippen molar-refractivity contribution in [2.45, 2.75) is 6.42 Å². The van der Waals surface area contributed by atoms with Gasteiger partial charge in [0.1, 0.15) is 11.6 Å². The van der Waals surface area contributed by atoms with Crippen LogP contribution >= 0.6 is 0 Å². The average Bonchev–Trinajstić information content (AvgIpc) is 2.95. The number of hydrogen-bond acceptors (Lipinski definition) is 3. The van der Waals surface area contributed by atoms with E-state index >= 15 is 0 Å². The number of benzene rings is 2. The molecule has 21 heavy (non-hydrogen) atoms. The maximum Gasteiger partial charge on any atom is 0.155 e. The maximum atomic E-state index is 11.1. The number of allylic oxidation sites excluding steroid dienone is 1. The Balaban J connectivity index is 1.72. The van der Waals surface area contributed by atoms with E-state index < -0.39 is 0 Å². The van der Waals surface area contributed by atoms with Gasteiger partial charge >= 0.3 is 0 Å². The van der Waals surface area contributed by atoms with E-state index in [1.54, 1.807) is 12.1 Å². The Labute approximate surface area is 122 Å². The number of carbonyl (C=O) groups excluding carboxylic acids is 1. The third-order valence-corrected chi connectivity index (χ3v) is 3.20. The van der Waals surface area contributed by atoms with Gasteiger partial charge in [-0.05, 0) is 23.8 Å². The number of aromatic amines is 1. The van der Waals surface area contributed by atoms with Crippen LogP contribution in [0.1, 0.15) is 5.56 Å². The Kier molecular flexibility index (Phi) is 3.72. The van der Waals surface area contributed by atoms with Gasteiger partial charge in [0.15, 0.2) is 5.75 Å². The van der Waals surface area contributed by atoms with Crippen LogP contribution in [-0.4, -0.2) is 10.9 Å². The summed E-state index contributed by atoms with van der Waals surface area (Å²) >= 11 is 0. The number of H-pyrrole nitrogens is 1. The summed E-state index contributed by atoms with van der Waals surface area (Å²) in [4.78, 5) is 19.6. The van der Waals surface area contributed by atoms with Gasteiger partial charge < -0.3 is 9.82 Å². The van der Waals surface area contributed by atoms with Gasteiger partial charge in [0.25, 0.3) is 0 Å². The second-order valence-corrected chi connectivity index (χ2v) is 4.63. The van der Waals surface area contributed by atoms with Crippen LogP contribution in [0.5, 0.6) is 5.75 Å². The van der Waals surface area contributed by atoms with Crippen molar-refractivity contribution in [1.82, 2.24) is 10.5 Å². The average molecular weight is 278 g/mol. The molecule has 4 nitrogen and oxygen atoms in total. The minimum atomic E-state index is 0.351. The van der Waals surface area contributed by atoms with Gasteiger partial charge in [-0.2, -0.15) is 0 Å². The number of nitrogens with one attached hydrogen (secondary N) is 2. The maximum absolute atomic E-state index is 11.1. The topological polar surface area (TPSA) is 54.1 Å². The van der Waals surface area contributed by atoms with Crippen LogP contribution in [0.2, 0.25) is 0 Å². The van der Waals surface area contributed by atoms with E-state index in [1.165, 1.54) is 0 Å². The zero-order chi connectivity index (χ0) is 14.5. The van der Waals surface area contributed by atoms with Gasteiger partial charge in [-0.1, -0.05) is 36.4 Å². The highest BCUT2D eigenvalue weighted by Gasteiger charge is 2.07. The van der Waals surface area contributed by atoms with Crippen LogP contribution in [-0.2, 0) is 11.2 Å². The van der Waals surface area contributed by atoms with Crippen molar-refractivity contribution in [2.75, 3.05) is 0 Å². The molecule has 2 N–H and O–H groups in total. The summed E-state index contributed by atoms with van der Waals surface area (Å²) < 4.78 is 0. The van der Waals surface area contributed by atoms with E-state index in [1.807, 2.05) is 54.6 Å². The number of rotatable bonds is 5. The minimum absolute atomic E-state index is 0.351. The van der Waals surface area contributed by atoms with Crippen LogP contribution in [0.25, 0.3) is 10.9 Å². The summed E-state index contributed by atoms with van der Waals surface area (Å²) in [6, 6.07) is 17.2. The monoisotopic (exact) mass is 278 g/mol. The lowest BCUT2D eigenvalue weighted by atomic mass is 10.1. The van der Waals surface area contributed by atoms with Crippen molar-refractivity contribution in [3.05, 3.63) is 72.1 Å². The van der Waals surface area contributed by atoms with Crippen molar-refractivity contribution < 1.29 is 9.63 Å². The number of para-hydroxylation sites is 2. The first kappa shape index (κ1) is 13.0. The molecule has 0 saturated heterocycles. The van der Waals surface area contributed by atoms with Crippen LogP contribution in [0.15, 0.2) is 66.5 Å². The standard InChI is InChI=1S/C17H14N2O2/c20-12-14(19-21-15-6-2-1-3-7-15)10-13-11-18-17-9-5-4-8-16(13)17/h1-9,11,18-19H,10H2. The van der Waals surface area contributed by atoms with E-state index in [2.05, 4.69) is 10.5 Å². The molecule has 3 rings (SSSR count). The molecule has 0 saturated carbocycles. The molecule has 0 aliphatic heterocycles. The zero-order valence-electron chi connectivity index (χ0n) is 11.3. The van der Waals surface area contributed by atoms with Crippen molar-refractivity contribution in [3.8, 4) is 5.75 Å². The van der Waals surface area contributed by atoms with Crippen LogP contribution < -0.4 is 10.3 Å². The normalized spacial score (nSPS) is 10.1. The van der Waals surface area contributed by atoms with E-state index in [0.717, 1.165) is 16.5 Å². The molecular formula is C17H14N2O2. The quantitative estimate of drug-likeness (QED) is 0.557. The molecule has 104 valence electrons. The lowest BCUT2D eigenvalue weighted by Crippen LogP contribution is -2.19. The third kappa shape index (κ3) is 2.96. The molecule has 0 bridgehead atoms. The fourth-order valence-corrected chi connectivity index (χ4v) is 2.17. The smallest absolute Gasteiger partial charge is 0.155 e. The molecule has 0 atom stereocenters. The zero-order valence-corrected chi connectivity index (χ0v) is 11.3. The van der Waals surface area contributed by atoms with Crippen molar-refractivity contribution >= 4 is 16.8 Å². The summed E-state index contributed by atoms with van der Waals surface area (Å²) in [6.07, 6.45) is 2.33. The lowest BCUT2D eigenvalue weighted by molar-refractivity contribution is 0.228. The molecule has 1 heterocycles. The largest absolute Gasteiger partial charge is 0.382 e. The third-order valence-electron chi connectivity index (χ3n) is 3.20. The van der Waals surface area contributed by atoms with Crippen LogP contribution in [0, 0.1) is 0 Å². The molecule has 0 fully saturated rings. The van der Waals surface area contributed by atoms with E-state index in [4.69, 9.17) is 4.84 Å². The Morgan fingerprint density at radius 3 is 2.67 bits per heavy atom. The van der Waals surface area contributed by atoms with Crippen molar-refractivity contribution in [2.24, 2.45) is 0 Å². The molecule has 0 aliphatic carbocycles. The van der Waals surface area contributed by atoms with E-state index in [9.17, 15) is 4.79 Å². The molecular weight excluding hydrogens is 264 g/mol. The number of aromatic nitrogens is 1. The second kappa shape index (κ2) is 5.99. The minimum Gasteiger partial charge on any atom is -0.382 e. The fraction of sp³-hybridized carbons (Fsp3) is 0.0588. The summed E-state index contributed by atoms with van der Waals surface area (Å²) in [6.45, 7) is 0.